The summed E-state index contributed by atoms with van der Waals surface area (Å²) in [6.45, 7) is 0. The largest absolute Gasteiger partial charge is 0.465 e. The predicted molar refractivity (Wildman–Crippen MR) is 67.6 cm³/mol. The van der Waals surface area contributed by atoms with Crippen LogP contribution in [0, 0.1) is 0 Å². The second-order valence-electron chi connectivity index (χ2n) is 3.69. The molecule has 3 heteroatoms. The summed E-state index contributed by atoms with van der Waals surface area (Å²) in [5.41, 5.74) is 9.03. The van der Waals surface area contributed by atoms with Crippen LogP contribution in [-0.2, 0) is 4.74 Å². The number of esters is 1. The van der Waals surface area contributed by atoms with Crippen molar-refractivity contribution in [3.63, 3.8) is 0 Å². The van der Waals surface area contributed by atoms with E-state index in [4.69, 9.17) is 5.73 Å². The minimum Gasteiger partial charge on any atom is -0.465 e. The van der Waals surface area contributed by atoms with Gasteiger partial charge in [0.25, 0.3) is 0 Å². The van der Waals surface area contributed by atoms with Gasteiger partial charge in [-0.05, 0) is 35.4 Å². The number of ether oxygens (including phenoxy) is 1. The standard InChI is InChI=1S/C14H13NO2/c1-17-14(16)11-7-5-10(6-8-11)12-3-2-4-13(15)9-12/h2-9H,15H2,1H3. The Morgan fingerprint density at radius 1 is 1.06 bits per heavy atom. The molecule has 0 heterocycles. The lowest BCUT2D eigenvalue weighted by molar-refractivity contribution is 0.0601. The molecule has 2 aromatic carbocycles. The first-order valence-corrected chi connectivity index (χ1v) is 5.25. The Kier molecular flexibility index (Phi) is 3.10. The smallest absolute Gasteiger partial charge is 0.337 e. The van der Waals surface area contributed by atoms with E-state index < -0.39 is 0 Å². The zero-order valence-corrected chi connectivity index (χ0v) is 9.51. The molecule has 0 aliphatic heterocycles. The Hall–Kier alpha value is -2.29. The topological polar surface area (TPSA) is 52.3 Å². The molecule has 2 N–H and O–H groups in total. The fourth-order valence-electron chi connectivity index (χ4n) is 1.63. The summed E-state index contributed by atoms with van der Waals surface area (Å²) in [4.78, 5) is 11.3. The molecule has 2 rings (SSSR count). The molecule has 0 spiro atoms. The third kappa shape index (κ3) is 2.45. The number of carbonyl (C=O) groups excluding carboxylic acids is 1. The fraction of sp³-hybridized carbons (Fsp3) is 0.0714. The van der Waals surface area contributed by atoms with Crippen LogP contribution in [0.4, 0.5) is 5.69 Å². The van der Waals surface area contributed by atoms with Crippen LogP contribution in [0.15, 0.2) is 48.5 Å². The summed E-state index contributed by atoms with van der Waals surface area (Å²) in [6.07, 6.45) is 0. The number of methoxy groups -OCH3 is 1. The quantitative estimate of drug-likeness (QED) is 0.634. The van der Waals surface area contributed by atoms with Crippen LogP contribution in [0.1, 0.15) is 10.4 Å². The van der Waals surface area contributed by atoms with E-state index in [-0.39, 0.29) is 5.97 Å². The molecule has 17 heavy (non-hydrogen) atoms. The molecule has 86 valence electrons. The molecule has 0 fully saturated rings. The Labute approximate surface area is 99.8 Å². The van der Waals surface area contributed by atoms with Crippen molar-refractivity contribution in [2.45, 2.75) is 0 Å². The second-order valence-corrected chi connectivity index (χ2v) is 3.69. The lowest BCUT2D eigenvalue weighted by Crippen LogP contribution is -2.00. The van der Waals surface area contributed by atoms with Gasteiger partial charge in [-0.3, -0.25) is 0 Å². The van der Waals surface area contributed by atoms with Crippen molar-refractivity contribution in [2.24, 2.45) is 0 Å². The van der Waals surface area contributed by atoms with Gasteiger partial charge < -0.3 is 10.5 Å². The van der Waals surface area contributed by atoms with Crippen molar-refractivity contribution in [1.82, 2.24) is 0 Å². The molecule has 0 saturated carbocycles. The van der Waals surface area contributed by atoms with Crippen molar-refractivity contribution in [3.8, 4) is 11.1 Å². The molecule has 3 nitrogen and oxygen atoms in total. The van der Waals surface area contributed by atoms with E-state index in [2.05, 4.69) is 4.74 Å². The number of nitrogen functional groups attached to an aromatic ring is 1. The summed E-state index contributed by atoms with van der Waals surface area (Å²) in [5, 5.41) is 0. The maximum absolute atomic E-state index is 11.3. The van der Waals surface area contributed by atoms with E-state index in [1.54, 1.807) is 12.1 Å². The Morgan fingerprint density at radius 2 is 1.76 bits per heavy atom. The number of nitrogens with two attached hydrogens (primary N) is 1. The van der Waals surface area contributed by atoms with Crippen LogP contribution >= 0.6 is 0 Å². The lowest BCUT2D eigenvalue weighted by atomic mass is 10.0. The van der Waals surface area contributed by atoms with Crippen LogP contribution in [-0.4, -0.2) is 13.1 Å². The predicted octanol–water partition coefficient (Wildman–Crippen LogP) is 2.72. The minimum atomic E-state index is -0.330. The van der Waals surface area contributed by atoms with E-state index in [9.17, 15) is 4.79 Å². The summed E-state index contributed by atoms with van der Waals surface area (Å²) < 4.78 is 4.64. The molecule has 0 aliphatic carbocycles. The second kappa shape index (κ2) is 4.70. The molecule has 0 aliphatic rings. The van der Waals surface area contributed by atoms with E-state index in [1.807, 2.05) is 36.4 Å². The number of rotatable bonds is 2. The van der Waals surface area contributed by atoms with Crippen LogP contribution in [0.25, 0.3) is 11.1 Å². The van der Waals surface area contributed by atoms with Gasteiger partial charge in [0.1, 0.15) is 0 Å². The average molecular weight is 227 g/mol. The third-order valence-electron chi connectivity index (χ3n) is 2.53. The highest BCUT2D eigenvalue weighted by atomic mass is 16.5. The SMILES string of the molecule is COC(=O)c1ccc(-c2cccc(N)c2)cc1. The highest BCUT2D eigenvalue weighted by Gasteiger charge is 2.05. The van der Waals surface area contributed by atoms with Crippen molar-refractivity contribution in [2.75, 3.05) is 12.8 Å². The molecular weight excluding hydrogens is 214 g/mol. The number of hydrogen-bond acceptors (Lipinski definition) is 3. The molecule has 0 aromatic heterocycles. The molecular formula is C14H13NO2. The molecule has 0 amide bonds. The molecule has 0 bridgehead atoms. The van der Waals surface area contributed by atoms with E-state index in [0.717, 1.165) is 16.8 Å². The first-order valence-electron chi connectivity index (χ1n) is 5.25. The van der Waals surface area contributed by atoms with Crippen molar-refractivity contribution < 1.29 is 9.53 Å². The zero-order chi connectivity index (χ0) is 12.3. The number of anilines is 1. The summed E-state index contributed by atoms with van der Waals surface area (Å²) in [7, 11) is 1.37. The van der Waals surface area contributed by atoms with Crippen LogP contribution in [0.5, 0.6) is 0 Å². The molecule has 2 aromatic rings. The first-order chi connectivity index (χ1) is 8.20. The number of benzene rings is 2. The fourth-order valence-corrected chi connectivity index (χ4v) is 1.63. The van der Waals surface area contributed by atoms with Gasteiger partial charge in [-0.25, -0.2) is 4.79 Å². The summed E-state index contributed by atoms with van der Waals surface area (Å²) in [5.74, 6) is -0.330. The van der Waals surface area contributed by atoms with Crippen molar-refractivity contribution in [1.29, 1.82) is 0 Å². The third-order valence-corrected chi connectivity index (χ3v) is 2.53. The van der Waals surface area contributed by atoms with Crippen LogP contribution < -0.4 is 5.73 Å². The van der Waals surface area contributed by atoms with Crippen molar-refractivity contribution in [3.05, 3.63) is 54.1 Å². The van der Waals surface area contributed by atoms with Gasteiger partial charge in [0, 0.05) is 5.69 Å². The van der Waals surface area contributed by atoms with Gasteiger partial charge in [-0.2, -0.15) is 0 Å². The average Bonchev–Trinajstić information content (AvgIpc) is 2.38. The van der Waals surface area contributed by atoms with Gasteiger partial charge in [-0.1, -0.05) is 24.3 Å². The normalized spacial score (nSPS) is 9.94. The number of hydrogen-bond donors (Lipinski definition) is 1. The van der Waals surface area contributed by atoms with E-state index in [0.29, 0.717) is 5.56 Å². The minimum absolute atomic E-state index is 0.330. The van der Waals surface area contributed by atoms with Gasteiger partial charge in [0.05, 0.1) is 12.7 Å². The van der Waals surface area contributed by atoms with Gasteiger partial charge in [0.15, 0.2) is 0 Å². The van der Waals surface area contributed by atoms with Gasteiger partial charge in [-0.15, -0.1) is 0 Å². The number of carbonyl (C=O) groups is 1. The Morgan fingerprint density at radius 3 is 2.35 bits per heavy atom. The highest BCUT2D eigenvalue weighted by molar-refractivity contribution is 5.90. The Balaban J connectivity index is 2.32. The summed E-state index contributed by atoms with van der Waals surface area (Å²) >= 11 is 0. The highest BCUT2D eigenvalue weighted by Crippen LogP contribution is 2.21. The summed E-state index contributed by atoms with van der Waals surface area (Å²) in [6, 6.07) is 14.8. The Bertz CT molecular complexity index is 532. The van der Waals surface area contributed by atoms with Gasteiger partial charge in [0.2, 0.25) is 0 Å². The van der Waals surface area contributed by atoms with Crippen LogP contribution in [0.2, 0.25) is 0 Å². The molecule has 0 saturated heterocycles. The van der Waals surface area contributed by atoms with E-state index >= 15 is 0 Å². The molecule has 0 radical (unpaired) electrons. The van der Waals surface area contributed by atoms with Crippen LogP contribution in [0.3, 0.4) is 0 Å². The maximum Gasteiger partial charge on any atom is 0.337 e. The van der Waals surface area contributed by atoms with Gasteiger partial charge >= 0.3 is 5.97 Å². The van der Waals surface area contributed by atoms with Crippen molar-refractivity contribution >= 4 is 11.7 Å². The molecule has 0 atom stereocenters. The lowest BCUT2D eigenvalue weighted by Gasteiger charge is -2.04. The van der Waals surface area contributed by atoms with E-state index in [1.165, 1.54) is 7.11 Å². The maximum atomic E-state index is 11.3. The monoisotopic (exact) mass is 227 g/mol. The molecule has 0 unspecified atom stereocenters. The first kappa shape index (κ1) is 11.2. The zero-order valence-electron chi connectivity index (χ0n) is 9.51.